The summed E-state index contributed by atoms with van der Waals surface area (Å²) in [6.07, 6.45) is 8.01. The highest BCUT2D eigenvalue weighted by molar-refractivity contribution is 6.35. The fourth-order valence-corrected chi connectivity index (χ4v) is 4.97. The summed E-state index contributed by atoms with van der Waals surface area (Å²) in [5.41, 5.74) is 2.11. The Labute approximate surface area is 217 Å². The third kappa shape index (κ3) is 5.28. The highest BCUT2D eigenvalue weighted by Gasteiger charge is 2.33. The summed E-state index contributed by atoms with van der Waals surface area (Å²) < 4.78 is 7.01. The van der Waals surface area contributed by atoms with E-state index >= 15 is 0 Å². The SMILES string of the molecule is CO[C@H]1CC[C@H](NC(=O)c2ccc(-n3ccncc3=O)cc2)[C@H](NC(=O)c2ccc3c(Cl)c[nH]c3c2)C1. The first-order valence-corrected chi connectivity index (χ1v) is 12.3. The maximum Gasteiger partial charge on any atom is 0.273 e. The Morgan fingerprint density at radius 3 is 2.54 bits per heavy atom. The first-order valence-electron chi connectivity index (χ1n) is 12.0. The largest absolute Gasteiger partial charge is 0.381 e. The van der Waals surface area contributed by atoms with Crippen LogP contribution >= 0.6 is 11.6 Å². The number of carbonyl (C=O) groups excluding carboxylic acids is 2. The van der Waals surface area contributed by atoms with Crippen LogP contribution in [0.4, 0.5) is 0 Å². The van der Waals surface area contributed by atoms with Crippen molar-refractivity contribution in [2.24, 2.45) is 0 Å². The highest BCUT2D eigenvalue weighted by Crippen LogP contribution is 2.25. The molecule has 0 radical (unpaired) electrons. The molecular formula is C27H26ClN5O4. The maximum absolute atomic E-state index is 13.1. The Hall–Kier alpha value is -3.95. The number of fused-ring (bicyclic) bond motifs is 1. The van der Waals surface area contributed by atoms with Gasteiger partial charge < -0.3 is 20.4 Å². The average molecular weight is 520 g/mol. The van der Waals surface area contributed by atoms with Crippen LogP contribution in [0.5, 0.6) is 0 Å². The van der Waals surface area contributed by atoms with Crippen molar-refractivity contribution in [3.05, 3.63) is 93.8 Å². The summed E-state index contributed by atoms with van der Waals surface area (Å²) in [7, 11) is 1.65. The third-order valence-corrected chi connectivity index (χ3v) is 7.11. The lowest BCUT2D eigenvalue weighted by Crippen LogP contribution is -2.55. The van der Waals surface area contributed by atoms with E-state index in [-0.39, 0.29) is 35.6 Å². The van der Waals surface area contributed by atoms with Crippen molar-refractivity contribution in [1.82, 2.24) is 25.2 Å². The number of methoxy groups -OCH3 is 1. The van der Waals surface area contributed by atoms with Gasteiger partial charge in [0.1, 0.15) is 0 Å². The molecule has 1 saturated carbocycles. The molecule has 1 aliphatic carbocycles. The second kappa shape index (κ2) is 10.6. The zero-order chi connectivity index (χ0) is 25.9. The number of carbonyl (C=O) groups is 2. The van der Waals surface area contributed by atoms with E-state index in [4.69, 9.17) is 16.3 Å². The van der Waals surface area contributed by atoms with Crippen molar-refractivity contribution in [3.63, 3.8) is 0 Å². The lowest BCUT2D eigenvalue weighted by molar-refractivity contribution is 0.0444. The quantitative estimate of drug-likeness (QED) is 0.360. The fraction of sp³-hybridized carbons (Fsp3) is 0.259. The van der Waals surface area contributed by atoms with E-state index in [0.29, 0.717) is 34.7 Å². The molecule has 10 heteroatoms. The van der Waals surface area contributed by atoms with Gasteiger partial charge in [-0.2, -0.15) is 0 Å². The zero-order valence-electron chi connectivity index (χ0n) is 20.1. The normalized spacial score (nSPS) is 19.5. The van der Waals surface area contributed by atoms with Gasteiger partial charge in [0, 0.05) is 59.5 Å². The smallest absolute Gasteiger partial charge is 0.273 e. The molecule has 4 aromatic rings. The predicted molar refractivity (Wildman–Crippen MR) is 140 cm³/mol. The molecule has 9 nitrogen and oxygen atoms in total. The second-order valence-corrected chi connectivity index (χ2v) is 9.47. The Morgan fingerprint density at radius 1 is 1.05 bits per heavy atom. The van der Waals surface area contributed by atoms with Crippen LogP contribution in [-0.4, -0.2) is 51.6 Å². The van der Waals surface area contributed by atoms with Gasteiger partial charge in [0.15, 0.2) is 0 Å². The number of H-pyrrole nitrogens is 1. The van der Waals surface area contributed by atoms with Crippen molar-refractivity contribution < 1.29 is 14.3 Å². The molecule has 190 valence electrons. The number of hydrogen-bond donors (Lipinski definition) is 3. The Bertz CT molecular complexity index is 1500. The summed E-state index contributed by atoms with van der Waals surface area (Å²) in [6, 6.07) is 11.5. The monoisotopic (exact) mass is 519 g/mol. The van der Waals surface area contributed by atoms with Gasteiger partial charge in [0.25, 0.3) is 17.4 Å². The van der Waals surface area contributed by atoms with Gasteiger partial charge in [0.05, 0.1) is 23.4 Å². The Morgan fingerprint density at radius 2 is 1.78 bits per heavy atom. The Balaban J connectivity index is 1.30. The van der Waals surface area contributed by atoms with E-state index in [2.05, 4.69) is 20.6 Å². The number of benzene rings is 2. The summed E-state index contributed by atoms with van der Waals surface area (Å²) in [6.45, 7) is 0. The molecule has 37 heavy (non-hydrogen) atoms. The highest BCUT2D eigenvalue weighted by atomic mass is 35.5. The van der Waals surface area contributed by atoms with Crippen molar-refractivity contribution >= 4 is 34.3 Å². The molecule has 1 fully saturated rings. The van der Waals surface area contributed by atoms with E-state index in [0.717, 1.165) is 17.3 Å². The number of nitrogens with zero attached hydrogens (tertiary/aromatic N) is 2. The van der Waals surface area contributed by atoms with Gasteiger partial charge in [0.2, 0.25) is 0 Å². The first kappa shape index (κ1) is 24.7. The number of aromatic nitrogens is 3. The minimum Gasteiger partial charge on any atom is -0.381 e. The van der Waals surface area contributed by atoms with Crippen LogP contribution in [0.3, 0.4) is 0 Å². The van der Waals surface area contributed by atoms with Crippen molar-refractivity contribution in [1.29, 1.82) is 0 Å². The van der Waals surface area contributed by atoms with Crippen molar-refractivity contribution in [2.45, 2.75) is 37.5 Å². The van der Waals surface area contributed by atoms with E-state index < -0.39 is 0 Å². The summed E-state index contributed by atoms with van der Waals surface area (Å²) in [4.78, 5) is 45.1. The molecule has 0 aliphatic heterocycles. The maximum atomic E-state index is 13.1. The topological polar surface area (TPSA) is 118 Å². The van der Waals surface area contributed by atoms with Crippen LogP contribution in [0.2, 0.25) is 5.02 Å². The third-order valence-electron chi connectivity index (χ3n) is 6.79. The molecule has 2 amide bonds. The van der Waals surface area contributed by atoms with E-state index in [9.17, 15) is 14.4 Å². The average Bonchev–Trinajstić information content (AvgIpc) is 3.29. The second-order valence-electron chi connectivity index (χ2n) is 9.06. The molecule has 3 atom stereocenters. The van der Waals surface area contributed by atoms with E-state index in [1.807, 2.05) is 6.07 Å². The molecule has 0 spiro atoms. The summed E-state index contributed by atoms with van der Waals surface area (Å²) >= 11 is 6.15. The molecule has 0 saturated heterocycles. The standard InChI is InChI=1S/C27H26ClN5O4/c1-37-19-7-9-22(24(13-19)32-27(36)17-4-8-20-21(28)14-30-23(20)12-17)31-26(35)16-2-5-18(6-3-16)33-11-10-29-15-25(33)34/h2-6,8,10-12,14-15,19,22,24,30H,7,9,13H2,1H3,(H,31,35)(H,32,36)/t19-,22-,24+/m0/s1. The van der Waals surface area contributed by atoms with Crippen LogP contribution in [0.15, 0.2) is 72.0 Å². The van der Waals surface area contributed by atoms with Crippen LogP contribution in [0, 0.1) is 0 Å². The molecule has 0 bridgehead atoms. The minimum absolute atomic E-state index is 0.0129. The number of amides is 2. The van der Waals surface area contributed by atoms with Crippen LogP contribution in [0.25, 0.3) is 16.6 Å². The summed E-state index contributed by atoms with van der Waals surface area (Å²) in [5.74, 6) is -0.489. The van der Waals surface area contributed by atoms with Crippen LogP contribution in [-0.2, 0) is 4.74 Å². The molecule has 2 aromatic heterocycles. The molecule has 2 aromatic carbocycles. The molecule has 3 N–H and O–H groups in total. The number of ether oxygens (including phenoxy) is 1. The fourth-order valence-electron chi connectivity index (χ4n) is 4.75. The minimum atomic E-state index is -0.312. The van der Waals surface area contributed by atoms with Crippen LogP contribution < -0.4 is 16.2 Å². The van der Waals surface area contributed by atoms with Gasteiger partial charge >= 0.3 is 0 Å². The molecule has 1 aliphatic rings. The van der Waals surface area contributed by atoms with Crippen LogP contribution in [0.1, 0.15) is 40.0 Å². The van der Waals surface area contributed by atoms with Crippen molar-refractivity contribution in [2.75, 3.05) is 7.11 Å². The number of rotatable bonds is 6. The predicted octanol–water partition coefficient (Wildman–Crippen LogP) is 3.46. The molecule has 5 rings (SSSR count). The lowest BCUT2D eigenvalue weighted by atomic mass is 9.87. The molecule has 2 heterocycles. The summed E-state index contributed by atoms with van der Waals surface area (Å²) in [5, 5.41) is 7.61. The van der Waals surface area contributed by atoms with Crippen molar-refractivity contribution in [3.8, 4) is 5.69 Å². The van der Waals surface area contributed by atoms with Gasteiger partial charge in [-0.05, 0) is 55.7 Å². The number of aromatic amines is 1. The number of hydrogen-bond acceptors (Lipinski definition) is 5. The Kier molecular flexibility index (Phi) is 7.07. The van der Waals surface area contributed by atoms with E-state index in [1.165, 1.54) is 17.0 Å². The van der Waals surface area contributed by atoms with Gasteiger partial charge in [-0.25, -0.2) is 0 Å². The first-order chi connectivity index (χ1) is 17.9. The molecular weight excluding hydrogens is 494 g/mol. The van der Waals surface area contributed by atoms with Gasteiger partial charge in [-0.15, -0.1) is 0 Å². The van der Waals surface area contributed by atoms with Gasteiger partial charge in [-0.3, -0.25) is 23.9 Å². The number of nitrogens with one attached hydrogen (secondary N) is 3. The van der Waals surface area contributed by atoms with E-state index in [1.54, 1.807) is 55.9 Å². The number of halogens is 1. The molecule has 0 unspecified atom stereocenters. The zero-order valence-corrected chi connectivity index (χ0v) is 20.9. The van der Waals surface area contributed by atoms with Gasteiger partial charge in [-0.1, -0.05) is 17.7 Å². The lowest BCUT2D eigenvalue weighted by Gasteiger charge is -2.36.